The summed E-state index contributed by atoms with van der Waals surface area (Å²) in [4.78, 5) is 12.6. The van der Waals surface area contributed by atoms with Gasteiger partial charge >= 0.3 is 0 Å². The Morgan fingerprint density at radius 2 is 2.07 bits per heavy atom. The highest BCUT2D eigenvalue weighted by atomic mass is 16.5. The minimum Gasteiger partial charge on any atom is -0.493 e. The van der Waals surface area contributed by atoms with Gasteiger partial charge in [-0.15, -0.1) is 10.2 Å². The van der Waals surface area contributed by atoms with Crippen molar-refractivity contribution in [3.8, 4) is 11.5 Å². The number of amides is 1. The molecule has 1 N–H and O–H groups in total. The lowest BCUT2D eigenvalue weighted by molar-refractivity contribution is 0.0953. The number of allylic oxidation sites excluding steroid dienone is 1. The molecule has 1 aromatic carbocycles. The molecular formula is C20H22N4O3. The van der Waals surface area contributed by atoms with Crippen molar-refractivity contribution >= 4 is 17.6 Å². The number of ether oxygens (including phenoxy) is 2. The highest BCUT2D eigenvalue weighted by Gasteiger charge is 2.15. The Labute approximate surface area is 157 Å². The fourth-order valence-corrected chi connectivity index (χ4v) is 2.88. The molecule has 3 rings (SSSR count). The Morgan fingerprint density at radius 3 is 2.81 bits per heavy atom. The fraction of sp³-hybridized carbons (Fsp3) is 0.250. The van der Waals surface area contributed by atoms with Crippen LogP contribution < -0.4 is 14.8 Å². The molecule has 2 heterocycles. The van der Waals surface area contributed by atoms with E-state index >= 15 is 0 Å². The van der Waals surface area contributed by atoms with Crippen LogP contribution in [0.5, 0.6) is 11.5 Å². The molecule has 0 atom stereocenters. The highest BCUT2D eigenvalue weighted by Crippen LogP contribution is 2.33. The van der Waals surface area contributed by atoms with E-state index in [0.29, 0.717) is 30.0 Å². The summed E-state index contributed by atoms with van der Waals surface area (Å²) in [6, 6.07) is 9.18. The van der Waals surface area contributed by atoms with Crippen LogP contribution in [0.25, 0.3) is 11.7 Å². The zero-order valence-corrected chi connectivity index (χ0v) is 15.6. The quantitative estimate of drug-likeness (QED) is 0.696. The van der Waals surface area contributed by atoms with Crippen LogP contribution in [0.2, 0.25) is 0 Å². The molecule has 0 spiro atoms. The van der Waals surface area contributed by atoms with Crippen LogP contribution in [0, 0.1) is 0 Å². The molecule has 7 heteroatoms. The number of nitrogens with one attached hydrogen (secondary N) is 1. The van der Waals surface area contributed by atoms with Crippen molar-refractivity contribution in [2.24, 2.45) is 0 Å². The summed E-state index contributed by atoms with van der Waals surface area (Å²) in [6.07, 6.45) is 6.24. The van der Waals surface area contributed by atoms with Gasteiger partial charge in [-0.3, -0.25) is 9.20 Å². The molecule has 0 aliphatic carbocycles. The molecule has 0 aliphatic heterocycles. The minimum absolute atomic E-state index is 0.185. The lowest BCUT2D eigenvalue weighted by atomic mass is 10.1. The van der Waals surface area contributed by atoms with Gasteiger partial charge in [-0.1, -0.05) is 18.2 Å². The van der Waals surface area contributed by atoms with Gasteiger partial charge in [0.2, 0.25) is 0 Å². The van der Waals surface area contributed by atoms with E-state index in [1.54, 1.807) is 26.4 Å². The summed E-state index contributed by atoms with van der Waals surface area (Å²) in [7, 11) is 3.13. The second-order valence-corrected chi connectivity index (χ2v) is 5.85. The van der Waals surface area contributed by atoms with E-state index < -0.39 is 0 Å². The molecule has 3 aromatic rings. The molecule has 0 aliphatic rings. The maximum absolute atomic E-state index is 12.6. The average molecular weight is 366 g/mol. The summed E-state index contributed by atoms with van der Waals surface area (Å²) < 4.78 is 12.7. The second-order valence-electron chi connectivity index (χ2n) is 5.85. The first-order valence-corrected chi connectivity index (χ1v) is 8.63. The van der Waals surface area contributed by atoms with Crippen molar-refractivity contribution in [2.75, 3.05) is 20.8 Å². The van der Waals surface area contributed by atoms with Crippen LogP contribution in [-0.2, 0) is 6.42 Å². The van der Waals surface area contributed by atoms with Crippen molar-refractivity contribution in [3.63, 3.8) is 0 Å². The van der Waals surface area contributed by atoms with Crippen molar-refractivity contribution < 1.29 is 14.3 Å². The third kappa shape index (κ3) is 3.92. The van der Waals surface area contributed by atoms with Gasteiger partial charge in [-0.2, -0.15) is 0 Å². The molecule has 0 bridgehead atoms. The van der Waals surface area contributed by atoms with E-state index in [4.69, 9.17) is 9.47 Å². The molecule has 7 nitrogen and oxygen atoms in total. The Hall–Kier alpha value is -3.35. The molecular weight excluding hydrogens is 344 g/mol. The number of fused-ring (bicyclic) bond motifs is 1. The van der Waals surface area contributed by atoms with Gasteiger partial charge in [0, 0.05) is 30.3 Å². The third-order valence-electron chi connectivity index (χ3n) is 4.13. The van der Waals surface area contributed by atoms with Gasteiger partial charge in [0.25, 0.3) is 5.91 Å². The van der Waals surface area contributed by atoms with Crippen LogP contribution in [0.3, 0.4) is 0 Å². The van der Waals surface area contributed by atoms with Crippen LogP contribution in [0.4, 0.5) is 0 Å². The number of hydrogen-bond acceptors (Lipinski definition) is 5. The minimum atomic E-state index is -0.185. The van der Waals surface area contributed by atoms with Gasteiger partial charge in [0.15, 0.2) is 17.1 Å². The largest absolute Gasteiger partial charge is 0.493 e. The topological polar surface area (TPSA) is 77.8 Å². The summed E-state index contributed by atoms with van der Waals surface area (Å²) in [6.45, 7) is 2.35. The number of carbonyl (C=O) groups is 1. The molecule has 0 unspecified atom stereocenters. The standard InChI is InChI=1S/C20H22N4O3/c1-4-7-14-12-15(13-16(26-2)19(14)27-3)20(25)21-10-9-18-23-22-17-8-5-6-11-24(17)18/h4-8,11-13H,9-10H2,1-3H3,(H,21,25). The summed E-state index contributed by atoms with van der Waals surface area (Å²) in [5, 5.41) is 11.2. The van der Waals surface area contributed by atoms with Crippen molar-refractivity contribution in [2.45, 2.75) is 13.3 Å². The molecule has 0 fully saturated rings. The van der Waals surface area contributed by atoms with Crippen molar-refractivity contribution in [3.05, 3.63) is 59.6 Å². The predicted molar refractivity (Wildman–Crippen MR) is 103 cm³/mol. The van der Waals surface area contributed by atoms with Gasteiger partial charge in [0.1, 0.15) is 5.82 Å². The molecule has 0 saturated carbocycles. The Morgan fingerprint density at radius 1 is 1.22 bits per heavy atom. The Kier molecular flexibility index (Phi) is 5.71. The number of nitrogens with zero attached hydrogens (tertiary/aromatic N) is 3. The van der Waals surface area contributed by atoms with Gasteiger partial charge in [-0.05, 0) is 31.2 Å². The fourth-order valence-electron chi connectivity index (χ4n) is 2.88. The zero-order valence-electron chi connectivity index (χ0n) is 15.6. The number of rotatable bonds is 7. The van der Waals surface area contributed by atoms with E-state index in [2.05, 4.69) is 15.5 Å². The molecule has 0 saturated heterocycles. The van der Waals surface area contributed by atoms with Crippen molar-refractivity contribution in [1.82, 2.24) is 19.9 Å². The maximum Gasteiger partial charge on any atom is 0.251 e. The first-order chi connectivity index (χ1) is 13.2. The van der Waals surface area contributed by atoms with Crippen LogP contribution >= 0.6 is 0 Å². The normalized spacial score (nSPS) is 11.1. The number of pyridine rings is 1. The SMILES string of the molecule is CC=Cc1cc(C(=O)NCCc2nnc3ccccn23)cc(OC)c1OC. The third-order valence-corrected chi connectivity index (χ3v) is 4.13. The maximum atomic E-state index is 12.6. The molecule has 140 valence electrons. The van der Waals surface area contributed by atoms with Gasteiger partial charge in [0.05, 0.1) is 14.2 Å². The van der Waals surface area contributed by atoms with Crippen molar-refractivity contribution in [1.29, 1.82) is 0 Å². The number of hydrogen-bond donors (Lipinski definition) is 1. The lowest BCUT2D eigenvalue weighted by Crippen LogP contribution is -2.26. The number of aromatic nitrogens is 3. The molecule has 0 radical (unpaired) electrons. The van der Waals surface area contributed by atoms with E-state index in [0.717, 1.165) is 17.0 Å². The van der Waals surface area contributed by atoms with Crippen LogP contribution in [0.15, 0.2) is 42.6 Å². The highest BCUT2D eigenvalue weighted by molar-refractivity contribution is 5.96. The smallest absolute Gasteiger partial charge is 0.251 e. The van der Waals surface area contributed by atoms with E-state index in [1.807, 2.05) is 47.9 Å². The monoisotopic (exact) mass is 366 g/mol. The van der Waals surface area contributed by atoms with E-state index in [9.17, 15) is 4.79 Å². The summed E-state index contributed by atoms with van der Waals surface area (Å²) in [5.41, 5.74) is 2.08. The average Bonchev–Trinajstić information content (AvgIpc) is 3.10. The first kappa shape index (κ1) is 18.4. The lowest BCUT2D eigenvalue weighted by Gasteiger charge is -2.13. The molecule has 1 amide bonds. The summed E-state index contributed by atoms with van der Waals surface area (Å²) >= 11 is 0. The summed E-state index contributed by atoms with van der Waals surface area (Å²) in [5.74, 6) is 1.73. The Balaban J connectivity index is 1.73. The number of benzene rings is 1. The molecule has 27 heavy (non-hydrogen) atoms. The van der Waals surface area contributed by atoms with E-state index in [-0.39, 0.29) is 5.91 Å². The van der Waals surface area contributed by atoms with Crippen LogP contribution in [-0.4, -0.2) is 41.3 Å². The second kappa shape index (κ2) is 8.35. The van der Waals surface area contributed by atoms with E-state index in [1.165, 1.54) is 0 Å². The van der Waals surface area contributed by atoms with Crippen LogP contribution in [0.1, 0.15) is 28.7 Å². The number of carbonyl (C=O) groups excluding carboxylic acids is 1. The number of methoxy groups -OCH3 is 2. The van der Waals surface area contributed by atoms with Gasteiger partial charge in [-0.25, -0.2) is 0 Å². The molecule has 2 aromatic heterocycles. The Bertz CT molecular complexity index is 979. The zero-order chi connectivity index (χ0) is 19.2. The first-order valence-electron chi connectivity index (χ1n) is 8.63. The predicted octanol–water partition coefficient (Wildman–Crippen LogP) is 2.75. The van der Waals surface area contributed by atoms with Gasteiger partial charge < -0.3 is 14.8 Å².